The van der Waals surface area contributed by atoms with Gasteiger partial charge in [0, 0.05) is 6.54 Å². The molecule has 0 fully saturated rings. The summed E-state index contributed by atoms with van der Waals surface area (Å²) in [4.78, 5) is 1.22. The van der Waals surface area contributed by atoms with Crippen molar-refractivity contribution >= 4 is 24.3 Å². The maximum atomic E-state index is 7.33. The summed E-state index contributed by atoms with van der Waals surface area (Å²) in [5.41, 5.74) is 11.7. The molecule has 0 aliphatic heterocycles. The number of nitrogens with two attached hydrogens (primary N) is 2. The van der Waals surface area contributed by atoms with Crippen LogP contribution < -0.4 is 20.9 Å². The van der Waals surface area contributed by atoms with Gasteiger partial charge in [-0.15, -0.1) is 12.4 Å². The fraction of sp³-hybridized carbons (Fsp3) is 0.333. The minimum atomic E-state index is -0.243. The van der Waals surface area contributed by atoms with Crippen molar-refractivity contribution in [3.63, 3.8) is 0 Å². The second-order valence-electron chi connectivity index (χ2n) is 3.86. The molecule has 1 aromatic rings. The maximum Gasteiger partial charge on any atom is 0.195 e. The van der Waals surface area contributed by atoms with Crippen LogP contribution in [0.5, 0.6) is 11.5 Å². The minimum absolute atomic E-state index is 0. The molecule has 7 nitrogen and oxygen atoms in total. The lowest BCUT2D eigenvalue weighted by atomic mass is 10.1. The van der Waals surface area contributed by atoms with E-state index in [9.17, 15) is 0 Å². The highest BCUT2D eigenvalue weighted by molar-refractivity contribution is 5.94. The first-order chi connectivity index (χ1) is 8.99. The number of nitrogens with one attached hydrogen (secondary N) is 2. The zero-order valence-electron chi connectivity index (χ0n) is 11.5. The van der Waals surface area contributed by atoms with Gasteiger partial charge in [-0.25, -0.2) is 0 Å². The van der Waals surface area contributed by atoms with E-state index in [2.05, 4.69) is 0 Å². The SMILES string of the molecule is COc1ccc(CCN(C(=N)N)C(=N)N)cc1OC.Cl. The third-order valence-corrected chi connectivity index (χ3v) is 2.65. The van der Waals surface area contributed by atoms with E-state index in [1.807, 2.05) is 12.1 Å². The predicted octanol–water partition coefficient (Wildman–Crippen LogP) is 0.757. The molecule has 1 aromatic carbocycles. The van der Waals surface area contributed by atoms with Crippen LogP contribution in [0.1, 0.15) is 5.56 Å². The number of nitrogens with zero attached hydrogens (tertiary/aromatic N) is 1. The molecule has 6 N–H and O–H groups in total. The summed E-state index contributed by atoms with van der Waals surface area (Å²) in [6.45, 7) is 0.361. The average Bonchev–Trinajstić information content (AvgIpc) is 2.37. The van der Waals surface area contributed by atoms with Crippen molar-refractivity contribution < 1.29 is 9.47 Å². The first kappa shape index (κ1) is 17.8. The third-order valence-electron chi connectivity index (χ3n) is 2.65. The zero-order valence-corrected chi connectivity index (χ0v) is 12.3. The van der Waals surface area contributed by atoms with Gasteiger partial charge in [0.25, 0.3) is 0 Å². The van der Waals surface area contributed by atoms with Gasteiger partial charge in [-0.2, -0.15) is 0 Å². The Morgan fingerprint density at radius 3 is 2.10 bits per heavy atom. The Labute approximate surface area is 124 Å². The van der Waals surface area contributed by atoms with E-state index in [1.54, 1.807) is 20.3 Å². The van der Waals surface area contributed by atoms with Gasteiger partial charge in [0.1, 0.15) is 0 Å². The largest absolute Gasteiger partial charge is 0.493 e. The molecule has 0 aliphatic carbocycles. The van der Waals surface area contributed by atoms with E-state index in [-0.39, 0.29) is 24.3 Å². The van der Waals surface area contributed by atoms with Gasteiger partial charge in [0.2, 0.25) is 0 Å². The number of hydrogen-bond acceptors (Lipinski definition) is 4. The quantitative estimate of drug-likeness (QED) is 0.472. The summed E-state index contributed by atoms with van der Waals surface area (Å²) in [7, 11) is 3.14. The first-order valence-electron chi connectivity index (χ1n) is 5.66. The molecule has 0 heterocycles. The number of hydrogen-bond donors (Lipinski definition) is 4. The van der Waals surface area contributed by atoms with Crippen molar-refractivity contribution in [2.45, 2.75) is 6.42 Å². The van der Waals surface area contributed by atoms with Crippen molar-refractivity contribution in [1.82, 2.24) is 4.90 Å². The Bertz CT molecular complexity index is 467. The highest BCUT2D eigenvalue weighted by Gasteiger charge is 2.11. The summed E-state index contributed by atoms with van der Waals surface area (Å²) in [5, 5.41) is 14.7. The summed E-state index contributed by atoms with van der Waals surface area (Å²) in [5.74, 6) is 0.805. The van der Waals surface area contributed by atoms with Crippen LogP contribution in [0.3, 0.4) is 0 Å². The van der Waals surface area contributed by atoms with E-state index >= 15 is 0 Å². The third kappa shape index (κ3) is 4.51. The minimum Gasteiger partial charge on any atom is -0.493 e. The number of benzene rings is 1. The molecule has 0 saturated carbocycles. The van der Waals surface area contributed by atoms with Gasteiger partial charge in [0.15, 0.2) is 23.4 Å². The van der Waals surface area contributed by atoms with Gasteiger partial charge in [-0.3, -0.25) is 15.7 Å². The molecule has 0 radical (unpaired) electrons. The zero-order chi connectivity index (χ0) is 14.4. The van der Waals surface area contributed by atoms with Crippen LogP contribution in [0, 0.1) is 10.8 Å². The molecule has 0 aromatic heterocycles. The summed E-state index contributed by atoms with van der Waals surface area (Å²) in [6, 6.07) is 5.54. The molecule has 8 heteroatoms. The molecule has 0 bridgehead atoms. The molecule has 1 rings (SSSR count). The van der Waals surface area contributed by atoms with Crippen molar-refractivity contribution in [3.8, 4) is 11.5 Å². The van der Waals surface area contributed by atoms with Crippen molar-refractivity contribution in [3.05, 3.63) is 23.8 Å². The van der Waals surface area contributed by atoms with Crippen LogP contribution in [0.2, 0.25) is 0 Å². The maximum absolute atomic E-state index is 7.33. The lowest BCUT2D eigenvalue weighted by Crippen LogP contribution is -2.45. The number of ether oxygens (including phenoxy) is 2. The van der Waals surface area contributed by atoms with E-state index < -0.39 is 0 Å². The summed E-state index contributed by atoms with van der Waals surface area (Å²) >= 11 is 0. The van der Waals surface area contributed by atoms with Gasteiger partial charge in [-0.1, -0.05) is 6.07 Å². The van der Waals surface area contributed by atoms with E-state index in [4.69, 9.17) is 31.8 Å². The second kappa shape index (κ2) is 8.11. The molecule has 112 valence electrons. The van der Waals surface area contributed by atoms with Crippen molar-refractivity contribution in [2.75, 3.05) is 20.8 Å². The summed E-state index contributed by atoms with van der Waals surface area (Å²) < 4.78 is 10.4. The van der Waals surface area contributed by atoms with Crippen LogP contribution in [0.25, 0.3) is 0 Å². The average molecular weight is 302 g/mol. The topological polar surface area (TPSA) is 121 Å². The molecular weight excluding hydrogens is 282 g/mol. The van der Waals surface area contributed by atoms with Gasteiger partial charge in [-0.05, 0) is 24.1 Å². The normalized spacial score (nSPS) is 9.30. The molecule has 0 saturated heterocycles. The fourth-order valence-electron chi connectivity index (χ4n) is 1.65. The van der Waals surface area contributed by atoms with Gasteiger partial charge in [0.05, 0.1) is 14.2 Å². The second-order valence-corrected chi connectivity index (χ2v) is 3.86. The molecule has 20 heavy (non-hydrogen) atoms. The van der Waals surface area contributed by atoms with Gasteiger partial charge >= 0.3 is 0 Å². The van der Waals surface area contributed by atoms with Crippen LogP contribution >= 0.6 is 12.4 Å². The lowest BCUT2D eigenvalue weighted by Gasteiger charge is -2.20. The Balaban J connectivity index is 0.00000361. The molecule has 0 amide bonds. The van der Waals surface area contributed by atoms with Crippen molar-refractivity contribution in [2.24, 2.45) is 11.5 Å². The van der Waals surface area contributed by atoms with Crippen LogP contribution in [-0.4, -0.2) is 37.6 Å². The summed E-state index contributed by atoms with van der Waals surface area (Å²) in [6.07, 6.45) is 0.583. The predicted molar refractivity (Wildman–Crippen MR) is 81.0 cm³/mol. The van der Waals surface area contributed by atoms with Crippen LogP contribution in [0.15, 0.2) is 18.2 Å². The highest BCUT2D eigenvalue weighted by Crippen LogP contribution is 2.27. The van der Waals surface area contributed by atoms with E-state index in [0.717, 1.165) is 5.56 Å². The number of halogens is 1. The van der Waals surface area contributed by atoms with Crippen LogP contribution in [-0.2, 0) is 6.42 Å². The Hall–Kier alpha value is -2.15. The van der Waals surface area contributed by atoms with Crippen molar-refractivity contribution in [1.29, 1.82) is 10.8 Å². The van der Waals surface area contributed by atoms with Crippen LogP contribution in [0.4, 0.5) is 0 Å². The molecule has 0 spiro atoms. The molecule has 0 unspecified atom stereocenters. The fourth-order valence-corrected chi connectivity index (χ4v) is 1.65. The highest BCUT2D eigenvalue weighted by atomic mass is 35.5. The Kier molecular flexibility index (Phi) is 7.24. The van der Waals surface area contributed by atoms with Gasteiger partial charge < -0.3 is 20.9 Å². The number of methoxy groups -OCH3 is 2. The first-order valence-corrected chi connectivity index (χ1v) is 5.66. The lowest BCUT2D eigenvalue weighted by molar-refractivity contribution is 0.354. The monoisotopic (exact) mass is 301 g/mol. The number of guanidine groups is 2. The molecule has 0 aliphatic rings. The number of rotatable bonds is 5. The van der Waals surface area contributed by atoms with E-state index in [1.165, 1.54) is 4.90 Å². The smallest absolute Gasteiger partial charge is 0.195 e. The standard InChI is InChI=1S/C12H19N5O2.ClH/c1-18-9-4-3-8(7-10(9)19-2)5-6-17(11(13)14)12(15)16;/h3-4,7H,5-6H2,1-2H3,(H3,13,14)(H3,15,16);1H. The Morgan fingerprint density at radius 2 is 1.65 bits per heavy atom. The van der Waals surface area contributed by atoms with E-state index in [0.29, 0.717) is 24.5 Å². The molecule has 0 atom stereocenters. The Morgan fingerprint density at radius 1 is 1.10 bits per heavy atom. The molecular formula is C12H20ClN5O2.